The molecule has 0 spiro atoms. The average Bonchev–Trinajstić information content (AvgIpc) is 2.15. The molecular formula is C12H20IN. The number of nitrogens with zero attached hydrogens (tertiary/aromatic N) is 1. The second kappa shape index (κ2) is 7.23. The van der Waals surface area contributed by atoms with Crippen LogP contribution in [0.3, 0.4) is 0 Å². The van der Waals surface area contributed by atoms with Gasteiger partial charge in [-0.1, -0.05) is 37.3 Å². The Kier molecular flexibility index (Phi) is 7.19. The monoisotopic (exact) mass is 305 g/mol. The van der Waals surface area contributed by atoms with Gasteiger partial charge in [-0.3, -0.25) is 0 Å². The van der Waals surface area contributed by atoms with Gasteiger partial charge in [-0.15, -0.1) is 24.0 Å². The summed E-state index contributed by atoms with van der Waals surface area (Å²) in [7, 11) is 4.30. The van der Waals surface area contributed by atoms with E-state index in [2.05, 4.69) is 56.3 Å². The first-order chi connectivity index (χ1) is 6.24. The summed E-state index contributed by atoms with van der Waals surface area (Å²) in [6.45, 7) is 2.24. The molecule has 0 aliphatic heterocycles. The molecule has 1 rings (SSSR count). The molecule has 1 nitrogen and oxygen atoms in total. The van der Waals surface area contributed by atoms with Crippen molar-refractivity contribution in [3.63, 3.8) is 0 Å². The molecule has 2 heteroatoms. The van der Waals surface area contributed by atoms with Crippen molar-refractivity contribution in [1.82, 2.24) is 4.90 Å². The molecule has 0 bridgehead atoms. The first kappa shape index (κ1) is 13.9. The Bertz CT molecular complexity index is 233. The average molecular weight is 305 g/mol. The Hall–Kier alpha value is -0.0900. The fourth-order valence-electron chi connectivity index (χ4n) is 1.58. The molecule has 0 fully saturated rings. The Morgan fingerprint density at radius 2 is 1.71 bits per heavy atom. The predicted molar refractivity (Wildman–Crippen MR) is 73.3 cm³/mol. The van der Waals surface area contributed by atoms with Crippen molar-refractivity contribution < 1.29 is 0 Å². The minimum Gasteiger partial charge on any atom is -0.306 e. The standard InChI is InChI=1S/C12H19N.HI/c1-4-12(13(2)3)10-11-8-6-5-7-9-11;/h5-9,12H,4,10H2,1-3H3;1H. The molecule has 0 aliphatic rings. The molecule has 80 valence electrons. The van der Waals surface area contributed by atoms with Crippen molar-refractivity contribution in [3.8, 4) is 0 Å². The summed E-state index contributed by atoms with van der Waals surface area (Å²) in [6.07, 6.45) is 2.37. The fraction of sp³-hybridized carbons (Fsp3) is 0.500. The molecule has 0 amide bonds. The maximum Gasteiger partial charge on any atom is 0.0127 e. The zero-order chi connectivity index (χ0) is 9.68. The minimum atomic E-state index is 0. The lowest BCUT2D eigenvalue weighted by atomic mass is 10.0. The van der Waals surface area contributed by atoms with Crippen LogP contribution >= 0.6 is 24.0 Å². The van der Waals surface area contributed by atoms with E-state index in [0.717, 1.165) is 6.42 Å². The van der Waals surface area contributed by atoms with Gasteiger partial charge in [-0.2, -0.15) is 0 Å². The summed E-state index contributed by atoms with van der Waals surface area (Å²) >= 11 is 0. The van der Waals surface area contributed by atoms with Gasteiger partial charge in [0.25, 0.3) is 0 Å². The van der Waals surface area contributed by atoms with Crippen molar-refractivity contribution >= 4 is 24.0 Å². The molecule has 0 heterocycles. The maximum atomic E-state index is 2.30. The van der Waals surface area contributed by atoms with E-state index in [0.29, 0.717) is 6.04 Å². The molecule has 1 aromatic rings. The van der Waals surface area contributed by atoms with Gasteiger partial charge >= 0.3 is 0 Å². The van der Waals surface area contributed by atoms with Crippen LogP contribution in [0.1, 0.15) is 18.9 Å². The van der Waals surface area contributed by atoms with Crippen LogP contribution in [0, 0.1) is 0 Å². The third-order valence-electron chi connectivity index (χ3n) is 2.52. The van der Waals surface area contributed by atoms with Crippen molar-refractivity contribution in [2.24, 2.45) is 0 Å². The summed E-state index contributed by atoms with van der Waals surface area (Å²) in [5, 5.41) is 0. The van der Waals surface area contributed by atoms with Crippen LogP contribution in [0.4, 0.5) is 0 Å². The highest BCUT2D eigenvalue weighted by Gasteiger charge is 2.08. The maximum absolute atomic E-state index is 2.30. The van der Waals surface area contributed by atoms with Crippen LogP contribution < -0.4 is 0 Å². The van der Waals surface area contributed by atoms with E-state index in [-0.39, 0.29) is 24.0 Å². The SMILES string of the molecule is CCC(Cc1ccccc1)N(C)C.I. The Labute approximate surface area is 105 Å². The smallest absolute Gasteiger partial charge is 0.0127 e. The van der Waals surface area contributed by atoms with Crippen LogP contribution in [-0.2, 0) is 6.42 Å². The first-order valence-corrected chi connectivity index (χ1v) is 4.94. The topological polar surface area (TPSA) is 3.24 Å². The molecule has 1 atom stereocenters. The second-order valence-electron chi connectivity index (χ2n) is 3.72. The van der Waals surface area contributed by atoms with Crippen molar-refractivity contribution in [3.05, 3.63) is 35.9 Å². The fourth-order valence-corrected chi connectivity index (χ4v) is 1.58. The number of halogens is 1. The van der Waals surface area contributed by atoms with Gasteiger partial charge in [0.15, 0.2) is 0 Å². The summed E-state index contributed by atoms with van der Waals surface area (Å²) < 4.78 is 0. The molecule has 0 aromatic heterocycles. The first-order valence-electron chi connectivity index (χ1n) is 4.94. The number of rotatable bonds is 4. The second-order valence-corrected chi connectivity index (χ2v) is 3.72. The van der Waals surface area contributed by atoms with Gasteiger partial charge in [0.1, 0.15) is 0 Å². The molecule has 0 N–H and O–H groups in total. The third kappa shape index (κ3) is 4.42. The summed E-state index contributed by atoms with van der Waals surface area (Å²) in [5.41, 5.74) is 1.43. The van der Waals surface area contributed by atoms with E-state index in [1.807, 2.05) is 0 Å². The molecule has 1 unspecified atom stereocenters. The molecule has 0 saturated heterocycles. The lowest BCUT2D eigenvalue weighted by molar-refractivity contribution is 0.284. The molecule has 0 radical (unpaired) electrons. The van der Waals surface area contributed by atoms with Crippen LogP contribution in [0.2, 0.25) is 0 Å². The Morgan fingerprint density at radius 3 is 2.14 bits per heavy atom. The summed E-state index contributed by atoms with van der Waals surface area (Å²) in [6, 6.07) is 11.4. The van der Waals surface area contributed by atoms with Gasteiger partial charge in [0, 0.05) is 6.04 Å². The highest BCUT2D eigenvalue weighted by atomic mass is 127. The van der Waals surface area contributed by atoms with Crippen LogP contribution in [0.25, 0.3) is 0 Å². The largest absolute Gasteiger partial charge is 0.306 e. The van der Waals surface area contributed by atoms with Gasteiger partial charge < -0.3 is 4.90 Å². The summed E-state index contributed by atoms with van der Waals surface area (Å²) in [4.78, 5) is 2.30. The predicted octanol–water partition coefficient (Wildman–Crippen LogP) is 3.19. The lowest BCUT2D eigenvalue weighted by Crippen LogP contribution is -2.29. The molecule has 1 aromatic carbocycles. The normalized spacial score (nSPS) is 12.3. The Morgan fingerprint density at radius 1 is 1.14 bits per heavy atom. The third-order valence-corrected chi connectivity index (χ3v) is 2.52. The van der Waals surface area contributed by atoms with E-state index in [1.54, 1.807) is 0 Å². The molecular weight excluding hydrogens is 285 g/mol. The van der Waals surface area contributed by atoms with Gasteiger partial charge in [0.2, 0.25) is 0 Å². The Balaban J connectivity index is 0.00000169. The molecule has 14 heavy (non-hydrogen) atoms. The van der Waals surface area contributed by atoms with E-state index in [1.165, 1.54) is 12.0 Å². The van der Waals surface area contributed by atoms with Crippen molar-refractivity contribution in [2.45, 2.75) is 25.8 Å². The highest BCUT2D eigenvalue weighted by Crippen LogP contribution is 2.08. The zero-order valence-electron chi connectivity index (χ0n) is 9.23. The van der Waals surface area contributed by atoms with Crippen molar-refractivity contribution in [1.29, 1.82) is 0 Å². The number of hydrogen-bond donors (Lipinski definition) is 0. The van der Waals surface area contributed by atoms with E-state index in [4.69, 9.17) is 0 Å². The van der Waals surface area contributed by atoms with E-state index in [9.17, 15) is 0 Å². The summed E-state index contributed by atoms with van der Waals surface area (Å²) in [5.74, 6) is 0. The molecule has 0 aliphatic carbocycles. The van der Waals surface area contributed by atoms with E-state index >= 15 is 0 Å². The number of likely N-dealkylation sites (N-methyl/N-ethyl adjacent to an activating group) is 1. The van der Waals surface area contributed by atoms with Crippen LogP contribution in [0.15, 0.2) is 30.3 Å². The number of hydrogen-bond acceptors (Lipinski definition) is 1. The van der Waals surface area contributed by atoms with Gasteiger partial charge in [-0.05, 0) is 32.5 Å². The van der Waals surface area contributed by atoms with Gasteiger partial charge in [0.05, 0.1) is 0 Å². The van der Waals surface area contributed by atoms with Crippen LogP contribution in [-0.4, -0.2) is 25.0 Å². The van der Waals surface area contributed by atoms with Crippen molar-refractivity contribution in [2.75, 3.05) is 14.1 Å². The number of benzene rings is 1. The van der Waals surface area contributed by atoms with Crippen LogP contribution in [0.5, 0.6) is 0 Å². The zero-order valence-corrected chi connectivity index (χ0v) is 11.6. The lowest BCUT2D eigenvalue weighted by Gasteiger charge is -2.22. The minimum absolute atomic E-state index is 0. The van der Waals surface area contributed by atoms with Gasteiger partial charge in [-0.25, -0.2) is 0 Å². The quantitative estimate of drug-likeness (QED) is 0.772. The highest BCUT2D eigenvalue weighted by molar-refractivity contribution is 14.0. The molecule has 0 saturated carbocycles. The van der Waals surface area contributed by atoms with E-state index < -0.39 is 0 Å².